The molecule has 0 fully saturated rings. The van der Waals surface area contributed by atoms with Crippen molar-refractivity contribution in [3.8, 4) is 5.75 Å². The number of rotatable bonds is 5. The van der Waals surface area contributed by atoms with Gasteiger partial charge in [-0.05, 0) is 36.8 Å². The quantitative estimate of drug-likeness (QED) is 0.647. The number of benzene rings is 2. The number of nitrogen functional groups attached to an aromatic ring is 1. The fourth-order valence-corrected chi connectivity index (χ4v) is 1.95. The Morgan fingerprint density at radius 2 is 2.05 bits per heavy atom. The van der Waals surface area contributed by atoms with E-state index in [0.29, 0.717) is 11.3 Å². The SMILES string of the molecule is COc1ccc(C)cc1NCC(=O)c1cccc(N)c1. The average molecular weight is 270 g/mol. The lowest BCUT2D eigenvalue weighted by molar-refractivity contribution is 0.101. The summed E-state index contributed by atoms with van der Waals surface area (Å²) in [4.78, 5) is 12.1. The number of methoxy groups -OCH3 is 1. The molecule has 0 saturated carbocycles. The minimum atomic E-state index is -0.0131. The van der Waals surface area contributed by atoms with Crippen LogP contribution in [0.1, 0.15) is 15.9 Å². The Morgan fingerprint density at radius 3 is 2.75 bits per heavy atom. The molecule has 0 amide bonds. The molecule has 0 saturated heterocycles. The molecule has 0 heterocycles. The van der Waals surface area contributed by atoms with Crippen LogP contribution in [0.5, 0.6) is 5.75 Å². The number of anilines is 2. The minimum absolute atomic E-state index is 0.0131. The van der Waals surface area contributed by atoms with Crippen molar-refractivity contribution in [3.63, 3.8) is 0 Å². The van der Waals surface area contributed by atoms with Gasteiger partial charge in [0.25, 0.3) is 0 Å². The van der Waals surface area contributed by atoms with Gasteiger partial charge in [0.15, 0.2) is 5.78 Å². The number of aryl methyl sites for hydroxylation is 1. The van der Waals surface area contributed by atoms with Crippen LogP contribution in [0, 0.1) is 6.92 Å². The van der Waals surface area contributed by atoms with Gasteiger partial charge >= 0.3 is 0 Å². The molecule has 0 unspecified atom stereocenters. The monoisotopic (exact) mass is 270 g/mol. The van der Waals surface area contributed by atoms with Crippen LogP contribution >= 0.6 is 0 Å². The van der Waals surface area contributed by atoms with Gasteiger partial charge in [0, 0.05) is 11.3 Å². The molecule has 4 nitrogen and oxygen atoms in total. The van der Waals surface area contributed by atoms with E-state index in [0.717, 1.165) is 17.0 Å². The van der Waals surface area contributed by atoms with Crippen LogP contribution in [0.25, 0.3) is 0 Å². The van der Waals surface area contributed by atoms with E-state index in [1.165, 1.54) is 0 Å². The number of carbonyl (C=O) groups is 1. The van der Waals surface area contributed by atoms with E-state index < -0.39 is 0 Å². The average Bonchev–Trinajstić information content (AvgIpc) is 2.45. The molecule has 2 aromatic carbocycles. The predicted octanol–water partition coefficient (Wildman–Crippen LogP) is 2.88. The summed E-state index contributed by atoms with van der Waals surface area (Å²) in [6.45, 7) is 2.19. The number of nitrogens with two attached hydrogens (primary N) is 1. The molecule has 4 heteroatoms. The first-order chi connectivity index (χ1) is 9.60. The van der Waals surface area contributed by atoms with E-state index in [-0.39, 0.29) is 12.3 Å². The highest BCUT2D eigenvalue weighted by atomic mass is 16.5. The lowest BCUT2D eigenvalue weighted by Crippen LogP contribution is -2.14. The Balaban J connectivity index is 2.09. The molecule has 2 aromatic rings. The lowest BCUT2D eigenvalue weighted by atomic mass is 10.1. The lowest BCUT2D eigenvalue weighted by Gasteiger charge is -2.11. The van der Waals surface area contributed by atoms with Crippen molar-refractivity contribution in [2.24, 2.45) is 0 Å². The number of ketones is 1. The number of ether oxygens (including phenoxy) is 1. The zero-order chi connectivity index (χ0) is 14.5. The van der Waals surface area contributed by atoms with E-state index in [1.807, 2.05) is 25.1 Å². The van der Waals surface area contributed by atoms with Gasteiger partial charge in [-0.3, -0.25) is 4.79 Å². The number of hydrogen-bond acceptors (Lipinski definition) is 4. The highest BCUT2D eigenvalue weighted by molar-refractivity contribution is 5.99. The summed E-state index contributed by atoms with van der Waals surface area (Å²) in [5.74, 6) is 0.705. The van der Waals surface area contributed by atoms with Gasteiger partial charge in [0.2, 0.25) is 0 Å². The zero-order valence-electron chi connectivity index (χ0n) is 11.6. The van der Waals surface area contributed by atoms with Crippen molar-refractivity contribution in [3.05, 3.63) is 53.6 Å². The van der Waals surface area contributed by atoms with E-state index in [9.17, 15) is 4.79 Å². The number of hydrogen-bond donors (Lipinski definition) is 2. The third kappa shape index (κ3) is 3.29. The summed E-state index contributed by atoms with van der Waals surface area (Å²) in [6, 6.07) is 12.8. The molecule has 0 aliphatic rings. The van der Waals surface area contributed by atoms with Crippen molar-refractivity contribution < 1.29 is 9.53 Å². The third-order valence-corrected chi connectivity index (χ3v) is 3.00. The van der Waals surface area contributed by atoms with Gasteiger partial charge in [0.1, 0.15) is 5.75 Å². The molecular formula is C16H18N2O2. The highest BCUT2D eigenvalue weighted by Gasteiger charge is 2.08. The first-order valence-electron chi connectivity index (χ1n) is 6.37. The normalized spacial score (nSPS) is 10.1. The van der Waals surface area contributed by atoms with Crippen molar-refractivity contribution in [2.75, 3.05) is 24.7 Å². The molecule has 20 heavy (non-hydrogen) atoms. The molecular weight excluding hydrogens is 252 g/mol. The summed E-state index contributed by atoms with van der Waals surface area (Å²) in [7, 11) is 1.61. The van der Waals surface area contributed by atoms with Gasteiger partial charge in [-0.15, -0.1) is 0 Å². The Labute approximate surface area is 118 Å². The molecule has 0 aromatic heterocycles. The van der Waals surface area contributed by atoms with E-state index in [1.54, 1.807) is 31.4 Å². The summed E-state index contributed by atoms with van der Waals surface area (Å²) in [5.41, 5.74) is 8.78. The van der Waals surface area contributed by atoms with Gasteiger partial charge < -0.3 is 15.8 Å². The van der Waals surface area contributed by atoms with Crippen molar-refractivity contribution in [1.82, 2.24) is 0 Å². The van der Waals surface area contributed by atoms with Crippen molar-refractivity contribution in [2.45, 2.75) is 6.92 Å². The number of nitrogens with one attached hydrogen (secondary N) is 1. The van der Waals surface area contributed by atoms with Crippen LogP contribution in [0.2, 0.25) is 0 Å². The van der Waals surface area contributed by atoms with Crippen LogP contribution in [-0.2, 0) is 0 Å². The van der Waals surface area contributed by atoms with E-state index in [2.05, 4.69) is 5.32 Å². The second-order valence-electron chi connectivity index (χ2n) is 4.61. The van der Waals surface area contributed by atoms with Crippen molar-refractivity contribution >= 4 is 17.2 Å². The Morgan fingerprint density at radius 1 is 1.25 bits per heavy atom. The van der Waals surface area contributed by atoms with E-state index in [4.69, 9.17) is 10.5 Å². The third-order valence-electron chi connectivity index (χ3n) is 3.00. The maximum absolute atomic E-state index is 12.1. The molecule has 0 spiro atoms. The van der Waals surface area contributed by atoms with Gasteiger partial charge in [0.05, 0.1) is 19.3 Å². The second kappa shape index (κ2) is 6.10. The summed E-state index contributed by atoms with van der Waals surface area (Å²) >= 11 is 0. The summed E-state index contributed by atoms with van der Waals surface area (Å²) < 4.78 is 5.26. The maximum Gasteiger partial charge on any atom is 0.181 e. The fourth-order valence-electron chi connectivity index (χ4n) is 1.95. The molecule has 104 valence electrons. The van der Waals surface area contributed by atoms with Gasteiger partial charge in [-0.1, -0.05) is 18.2 Å². The van der Waals surface area contributed by atoms with Gasteiger partial charge in [-0.2, -0.15) is 0 Å². The Hall–Kier alpha value is -2.49. The zero-order valence-corrected chi connectivity index (χ0v) is 11.6. The summed E-state index contributed by atoms with van der Waals surface area (Å²) in [5, 5.41) is 3.11. The van der Waals surface area contributed by atoms with Crippen LogP contribution in [0.15, 0.2) is 42.5 Å². The van der Waals surface area contributed by atoms with Crippen LogP contribution < -0.4 is 15.8 Å². The smallest absolute Gasteiger partial charge is 0.181 e. The fraction of sp³-hybridized carbons (Fsp3) is 0.188. The van der Waals surface area contributed by atoms with Crippen LogP contribution in [-0.4, -0.2) is 19.4 Å². The molecule has 0 atom stereocenters. The Kier molecular flexibility index (Phi) is 4.25. The van der Waals surface area contributed by atoms with Crippen LogP contribution in [0.3, 0.4) is 0 Å². The standard InChI is InChI=1S/C16H18N2O2/c1-11-6-7-16(20-2)14(8-11)18-10-15(19)12-4-3-5-13(17)9-12/h3-9,18H,10,17H2,1-2H3. The van der Waals surface area contributed by atoms with Gasteiger partial charge in [-0.25, -0.2) is 0 Å². The molecule has 0 radical (unpaired) electrons. The van der Waals surface area contributed by atoms with Crippen molar-refractivity contribution in [1.29, 1.82) is 0 Å². The first kappa shape index (κ1) is 13.9. The number of Topliss-reactive ketones (excluding diaryl/α,β-unsaturated/α-hetero) is 1. The van der Waals surface area contributed by atoms with Crippen LogP contribution in [0.4, 0.5) is 11.4 Å². The highest BCUT2D eigenvalue weighted by Crippen LogP contribution is 2.25. The summed E-state index contributed by atoms with van der Waals surface area (Å²) in [6.07, 6.45) is 0. The number of carbonyl (C=O) groups excluding carboxylic acids is 1. The van der Waals surface area contributed by atoms with E-state index >= 15 is 0 Å². The predicted molar refractivity (Wildman–Crippen MR) is 81.4 cm³/mol. The molecule has 2 rings (SSSR count). The maximum atomic E-state index is 12.1. The molecule has 0 aliphatic heterocycles. The molecule has 3 N–H and O–H groups in total. The topological polar surface area (TPSA) is 64.3 Å². The molecule has 0 aliphatic carbocycles. The Bertz CT molecular complexity index is 624. The minimum Gasteiger partial charge on any atom is -0.495 e. The molecule has 0 bridgehead atoms. The second-order valence-corrected chi connectivity index (χ2v) is 4.61. The first-order valence-corrected chi connectivity index (χ1v) is 6.37. The largest absolute Gasteiger partial charge is 0.495 e.